The zero-order valence-corrected chi connectivity index (χ0v) is 22.6. The molecule has 5 rings (SSSR count). The van der Waals surface area contributed by atoms with Crippen LogP contribution in [0.1, 0.15) is 36.6 Å². The molecule has 1 aromatic heterocycles. The molecule has 3 aromatic rings. The number of imidazole rings is 1. The third-order valence-electron chi connectivity index (χ3n) is 7.09. The number of amides is 1. The molecule has 2 aliphatic rings. The van der Waals surface area contributed by atoms with Crippen molar-refractivity contribution in [2.45, 2.75) is 31.7 Å². The molecule has 1 unspecified atom stereocenters. The molecule has 0 aliphatic heterocycles. The van der Waals surface area contributed by atoms with Crippen molar-refractivity contribution in [2.75, 3.05) is 14.2 Å². The van der Waals surface area contributed by atoms with Crippen molar-refractivity contribution in [1.82, 2.24) is 15.3 Å². The first-order valence-electron chi connectivity index (χ1n) is 12.7. The number of aromatic nitrogens is 2. The Hall–Kier alpha value is -4.37. The molecule has 0 saturated heterocycles. The van der Waals surface area contributed by atoms with E-state index in [4.69, 9.17) is 21.1 Å². The van der Waals surface area contributed by atoms with Gasteiger partial charge in [-0.3, -0.25) is 4.79 Å². The van der Waals surface area contributed by atoms with Crippen LogP contribution in [0.3, 0.4) is 0 Å². The van der Waals surface area contributed by atoms with E-state index in [0.29, 0.717) is 70.2 Å². The normalized spacial score (nSPS) is 17.2. The van der Waals surface area contributed by atoms with E-state index in [9.17, 15) is 19.1 Å². The minimum absolute atomic E-state index is 0.0122. The van der Waals surface area contributed by atoms with Crippen LogP contribution in [0.15, 0.2) is 82.0 Å². The third kappa shape index (κ3) is 5.37. The maximum atomic E-state index is 14.3. The molecule has 3 N–H and O–H groups in total. The van der Waals surface area contributed by atoms with Gasteiger partial charge in [0.05, 0.1) is 30.8 Å². The number of nitrogens with one attached hydrogen (secondary N) is 2. The summed E-state index contributed by atoms with van der Waals surface area (Å²) < 4.78 is 24.5. The summed E-state index contributed by atoms with van der Waals surface area (Å²) in [5, 5.41) is 13.4. The number of aliphatic carboxylic acids is 1. The highest BCUT2D eigenvalue weighted by atomic mass is 35.5. The first kappa shape index (κ1) is 27.2. The number of carbonyl (C=O) groups is 2. The van der Waals surface area contributed by atoms with Gasteiger partial charge in [0, 0.05) is 35.2 Å². The fourth-order valence-corrected chi connectivity index (χ4v) is 5.39. The lowest BCUT2D eigenvalue weighted by atomic mass is 9.79. The Morgan fingerprint density at radius 3 is 2.65 bits per heavy atom. The van der Waals surface area contributed by atoms with Gasteiger partial charge in [-0.15, -0.1) is 0 Å². The van der Waals surface area contributed by atoms with Crippen LogP contribution in [-0.2, 0) is 16.1 Å². The van der Waals surface area contributed by atoms with Gasteiger partial charge in [0.1, 0.15) is 11.6 Å². The number of carbonyl (C=O) groups excluding carboxylic acids is 1. The molecule has 40 heavy (non-hydrogen) atoms. The van der Waals surface area contributed by atoms with Gasteiger partial charge in [-0.1, -0.05) is 29.8 Å². The molecular formula is C30H27ClFN3O5. The van der Waals surface area contributed by atoms with E-state index in [0.717, 1.165) is 5.56 Å². The minimum atomic E-state index is -1.16. The topological polar surface area (TPSA) is 114 Å². The smallest absolute Gasteiger partial charge is 0.335 e. The van der Waals surface area contributed by atoms with Crippen LogP contribution >= 0.6 is 11.6 Å². The minimum Gasteiger partial charge on any atom is -0.497 e. The monoisotopic (exact) mass is 563 g/mol. The lowest BCUT2D eigenvalue weighted by molar-refractivity contribution is -0.132. The molecule has 0 spiro atoms. The first-order valence-corrected chi connectivity index (χ1v) is 13.0. The number of rotatable bonds is 8. The second-order valence-electron chi connectivity index (χ2n) is 9.48. The average Bonchev–Trinajstić information content (AvgIpc) is 3.37. The zero-order valence-electron chi connectivity index (χ0n) is 21.9. The summed E-state index contributed by atoms with van der Waals surface area (Å²) in [7, 11) is 2.97. The lowest BCUT2D eigenvalue weighted by Crippen LogP contribution is -2.26. The van der Waals surface area contributed by atoms with Crippen LogP contribution in [0.2, 0.25) is 0 Å². The van der Waals surface area contributed by atoms with Crippen LogP contribution in [-0.4, -0.2) is 41.2 Å². The Labute approximate surface area is 234 Å². The summed E-state index contributed by atoms with van der Waals surface area (Å²) in [6.45, 7) is 0.292. The standard InChI is InChI=1S/C30H27ClFN3O5/c1-39-18-9-6-16(7-10-18)15-33-29(36)17-8-11-19(21(12-17)30(37)38)27-20(4-3-5-22(27)31)28-34-24-13-23(32)26(40-2)14-25(24)35-28/h3,5-7,9-10,12-14,20H,4,8,11,15H2,1-2H3,(H,33,36)(H,34,35)(H,37,38). The fourth-order valence-electron chi connectivity index (χ4n) is 5.05. The number of nitrogens with zero attached hydrogens (tertiary/aromatic N) is 1. The molecule has 1 amide bonds. The number of hydrogen-bond acceptors (Lipinski definition) is 5. The number of methoxy groups -OCH3 is 2. The van der Waals surface area contributed by atoms with Crippen molar-refractivity contribution in [3.8, 4) is 11.5 Å². The maximum absolute atomic E-state index is 14.3. The fraction of sp³-hybridized carbons (Fsp3) is 0.233. The molecule has 2 aliphatic carbocycles. The van der Waals surface area contributed by atoms with Crippen LogP contribution in [0.25, 0.3) is 11.0 Å². The molecule has 1 atom stereocenters. The van der Waals surface area contributed by atoms with Crippen LogP contribution < -0.4 is 14.8 Å². The predicted molar refractivity (Wildman–Crippen MR) is 149 cm³/mol. The van der Waals surface area contributed by atoms with E-state index < -0.39 is 11.8 Å². The second kappa shape index (κ2) is 11.4. The van der Waals surface area contributed by atoms with Crippen molar-refractivity contribution in [3.63, 3.8) is 0 Å². The summed E-state index contributed by atoms with van der Waals surface area (Å²) >= 11 is 6.68. The van der Waals surface area contributed by atoms with E-state index in [2.05, 4.69) is 15.3 Å². The van der Waals surface area contributed by atoms with Crippen molar-refractivity contribution < 1.29 is 28.6 Å². The Morgan fingerprint density at radius 2 is 1.95 bits per heavy atom. The summed E-state index contributed by atoms with van der Waals surface area (Å²) in [6, 6.07) is 10.1. The first-order chi connectivity index (χ1) is 19.3. The molecule has 0 radical (unpaired) electrons. The van der Waals surface area contributed by atoms with Crippen molar-refractivity contribution >= 4 is 34.5 Å². The summed E-state index contributed by atoms with van der Waals surface area (Å²) in [5.41, 5.74) is 3.45. The summed E-state index contributed by atoms with van der Waals surface area (Å²) in [5.74, 6) is -1.07. The van der Waals surface area contributed by atoms with Gasteiger partial charge in [0.15, 0.2) is 11.6 Å². The number of carboxylic acids is 1. The second-order valence-corrected chi connectivity index (χ2v) is 9.88. The Kier molecular flexibility index (Phi) is 7.75. The lowest BCUT2D eigenvalue weighted by Gasteiger charge is -2.27. The van der Waals surface area contributed by atoms with Crippen LogP contribution in [0.5, 0.6) is 11.5 Å². The largest absolute Gasteiger partial charge is 0.497 e. The van der Waals surface area contributed by atoms with Crippen LogP contribution in [0, 0.1) is 5.82 Å². The number of carboxylic acid groups (broad SMARTS) is 1. The zero-order chi connectivity index (χ0) is 28.4. The van der Waals surface area contributed by atoms with Gasteiger partial charge < -0.3 is 24.9 Å². The van der Waals surface area contributed by atoms with Crippen molar-refractivity contribution in [3.05, 3.63) is 99.2 Å². The Morgan fingerprint density at radius 1 is 1.18 bits per heavy atom. The molecule has 0 bridgehead atoms. The number of halogens is 2. The van der Waals surface area contributed by atoms with Gasteiger partial charge >= 0.3 is 5.97 Å². The number of ether oxygens (including phenoxy) is 2. The number of H-pyrrole nitrogens is 1. The van der Waals surface area contributed by atoms with Gasteiger partial charge in [0.25, 0.3) is 0 Å². The molecule has 8 nitrogen and oxygen atoms in total. The summed E-state index contributed by atoms with van der Waals surface area (Å²) in [4.78, 5) is 33.2. The predicted octanol–water partition coefficient (Wildman–Crippen LogP) is 5.67. The average molecular weight is 564 g/mol. The number of allylic oxidation sites excluding steroid dienone is 5. The number of hydrogen-bond donors (Lipinski definition) is 3. The highest BCUT2D eigenvalue weighted by molar-refractivity contribution is 6.32. The molecule has 206 valence electrons. The van der Waals surface area contributed by atoms with Gasteiger partial charge in [-0.2, -0.15) is 0 Å². The molecule has 10 heteroatoms. The van der Waals surface area contributed by atoms with E-state index >= 15 is 0 Å². The van der Waals surface area contributed by atoms with E-state index in [-0.39, 0.29) is 23.1 Å². The quantitative estimate of drug-likeness (QED) is 0.325. The number of benzene rings is 2. The van der Waals surface area contributed by atoms with Gasteiger partial charge in [-0.25, -0.2) is 14.2 Å². The molecule has 2 aromatic carbocycles. The summed E-state index contributed by atoms with van der Waals surface area (Å²) in [6.07, 6.45) is 6.22. The third-order valence-corrected chi connectivity index (χ3v) is 7.42. The van der Waals surface area contributed by atoms with Crippen molar-refractivity contribution in [1.29, 1.82) is 0 Å². The van der Waals surface area contributed by atoms with Crippen LogP contribution in [0.4, 0.5) is 4.39 Å². The Bertz CT molecular complexity index is 1620. The highest BCUT2D eigenvalue weighted by Gasteiger charge is 2.32. The number of fused-ring (bicyclic) bond motifs is 1. The molecule has 0 saturated carbocycles. The number of aromatic amines is 1. The highest BCUT2D eigenvalue weighted by Crippen LogP contribution is 2.44. The SMILES string of the molecule is COc1ccc(CNC(=O)C2=CC(C(=O)O)=C(C3=C(Cl)C=CCC3c3nc4cc(OC)c(F)cc4[nH]3)CC2)cc1. The molecule has 1 heterocycles. The molecule has 0 fully saturated rings. The van der Waals surface area contributed by atoms with Gasteiger partial charge in [0.2, 0.25) is 5.91 Å². The van der Waals surface area contributed by atoms with E-state index in [1.807, 2.05) is 18.2 Å². The van der Waals surface area contributed by atoms with Gasteiger partial charge in [-0.05, 0) is 60.3 Å². The van der Waals surface area contributed by atoms with E-state index in [1.54, 1.807) is 25.3 Å². The van der Waals surface area contributed by atoms with Crippen molar-refractivity contribution in [2.24, 2.45) is 0 Å². The Balaban J connectivity index is 1.45. The van der Waals surface area contributed by atoms with E-state index in [1.165, 1.54) is 25.3 Å². The maximum Gasteiger partial charge on any atom is 0.335 e. The molecular weight excluding hydrogens is 537 g/mol.